The first-order valence-electron chi connectivity index (χ1n) is 9.30. The van der Waals surface area contributed by atoms with Gasteiger partial charge in [0.25, 0.3) is 0 Å². The molecule has 3 heteroatoms. The zero-order chi connectivity index (χ0) is 18.2. The van der Waals surface area contributed by atoms with Gasteiger partial charge in [-0.15, -0.1) is 22.7 Å². The van der Waals surface area contributed by atoms with E-state index in [1.54, 1.807) is 0 Å². The molecular weight excluding hydrogens is 342 g/mol. The lowest BCUT2D eigenvalue weighted by molar-refractivity contribution is 0.907. The molecule has 0 saturated heterocycles. The molecule has 2 rings (SSSR count). The number of unbranched alkanes of at least 4 members (excludes halogenated alkanes) is 1. The molecule has 2 heterocycles. The highest BCUT2D eigenvalue weighted by Crippen LogP contribution is 2.33. The standard InChI is InChI=1S/C22H31NS2/c1-6-8-11-16(3)14-20(23-15-19-12-9-13-24-19)22-18(5)17(4)21(25-22)10-7-2/h9,11-14,23H,6-8,10,15H2,1-5H3/b16-11+,20-14+. The summed E-state index contributed by atoms with van der Waals surface area (Å²) in [6.45, 7) is 12.1. The van der Waals surface area contributed by atoms with Crippen LogP contribution in [0.2, 0.25) is 0 Å². The number of rotatable bonds is 9. The van der Waals surface area contributed by atoms with E-state index in [9.17, 15) is 0 Å². The van der Waals surface area contributed by atoms with Crippen molar-refractivity contribution in [3.63, 3.8) is 0 Å². The highest BCUT2D eigenvalue weighted by molar-refractivity contribution is 7.13. The number of thiophene rings is 2. The molecule has 0 unspecified atom stereocenters. The summed E-state index contributed by atoms with van der Waals surface area (Å²) in [5.41, 5.74) is 5.52. The van der Waals surface area contributed by atoms with Gasteiger partial charge in [-0.3, -0.25) is 0 Å². The normalized spacial score (nSPS) is 12.7. The lowest BCUT2D eigenvalue weighted by Crippen LogP contribution is -2.11. The van der Waals surface area contributed by atoms with Gasteiger partial charge in [-0.2, -0.15) is 0 Å². The average Bonchev–Trinajstić information content (AvgIpc) is 3.21. The monoisotopic (exact) mass is 373 g/mol. The minimum Gasteiger partial charge on any atom is -0.379 e. The molecule has 136 valence electrons. The summed E-state index contributed by atoms with van der Waals surface area (Å²) in [6, 6.07) is 4.32. The molecule has 1 N–H and O–H groups in total. The summed E-state index contributed by atoms with van der Waals surface area (Å²) in [7, 11) is 0. The predicted molar refractivity (Wildman–Crippen MR) is 116 cm³/mol. The maximum absolute atomic E-state index is 3.71. The van der Waals surface area contributed by atoms with Gasteiger partial charge in [-0.05, 0) is 62.3 Å². The van der Waals surface area contributed by atoms with E-state index in [1.165, 1.54) is 56.3 Å². The Morgan fingerprint density at radius 1 is 1.16 bits per heavy atom. The zero-order valence-corrected chi connectivity index (χ0v) is 17.9. The van der Waals surface area contributed by atoms with Gasteiger partial charge in [0, 0.05) is 16.3 Å². The first kappa shape index (κ1) is 20.0. The van der Waals surface area contributed by atoms with Crippen molar-refractivity contribution in [2.24, 2.45) is 0 Å². The lowest BCUT2D eigenvalue weighted by Gasteiger charge is -2.11. The number of hydrogen-bond acceptors (Lipinski definition) is 3. The van der Waals surface area contributed by atoms with Crippen LogP contribution in [0.15, 0.2) is 35.2 Å². The summed E-state index contributed by atoms with van der Waals surface area (Å²) in [5.74, 6) is 0. The lowest BCUT2D eigenvalue weighted by atomic mass is 10.1. The number of aryl methyl sites for hydroxylation is 1. The Kier molecular flexibility index (Phi) is 7.98. The smallest absolute Gasteiger partial charge is 0.0536 e. The van der Waals surface area contributed by atoms with Gasteiger partial charge in [-0.25, -0.2) is 0 Å². The average molecular weight is 374 g/mol. The van der Waals surface area contributed by atoms with E-state index in [4.69, 9.17) is 0 Å². The topological polar surface area (TPSA) is 12.0 Å². The van der Waals surface area contributed by atoms with Gasteiger partial charge in [-0.1, -0.05) is 44.4 Å². The van der Waals surface area contributed by atoms with Crippen LogP contribution in [0.25, 0.3) is 5.70 Å². The maximum atomic E-state index is 3.71. The molecule has 1 nitrogen and oxygen atoms in total. The quantitative estimate of drug-likeness (QED) is 0.456. The largest absolute Gasteiger partial charge is 0.379 e. The molecule has 0 saturated carbocycles. The fourth-order valence-electron chi connectivity index (χ4n) is 2.83. The van der Waals surface area contributed by atoms with Crippen molar-refractivity contribution in [2.45, 2.75) is 66.8 Å². The molecule has 0 aliphatic carbocycles. The van der Waals surface area contributed by atoms with Crippen molar-refractivity contribution in [2.75, 3.05) is 0 Å². The molecule has 25 heavy (non-hydrogen) atoms. The molecule has 0 spiro atoms. The summed E-state index contributed by atoms with van der Waals surface area (Å²) >= 11 is 3.78. The minimum atomic E-state index is 0.893. The van der Waals surface area contributed by atoms with Crippen LogP contribution in [0.1, 0.15) is 65.8 Å². The van der Waals surface area contributed by atoms with Crippen LogP contribution in [-0.4, -0.2) is 0 Å². The highest BCUT2D eigenvalue weighted by Gasteiger charge is 2.14. The van der Waals surface area contributed by atoms with Crippen LogP contribution < -0.4 is 5.32 Å². The van der Waals surface area contributed by atoms with Crippen LogP contribution in [-0.2, 0) is 13.0 Å². The van der Waals surface area contributed by atoms with Crippen molar-refractivity contribution >= 4 is 28.4 Å². The summed E-state index contributed by atoms with van der Waals surface area (Å²) in [6.07, 6.45) is 9.40. The van der Waals surface area contributed by atoms with Gasteiger partial charge in [0.15, 0.2) is 0 Å². The molecule has 0 aliphatic rings. The Bertz CT molecular complexity index is 718. The maximum Gasteiger partial charge on any atom is 0.0536 e. The van der Waals surface area contributed by atoms with Crippen molar-refractivity contribution in [1.29, 1.82) is 0 Å². The summed E-state index contributed by atoms with van der Waals surface area (Å²) in [5, 5.41) is 5.86. The number of allylic oxidation sites excluding steroid dienone is 3. The first-order valence-corrected chi connectivity index (χ1v) is 11.0. The van der Waals surface area contributed by atoms with E-state index in [-0.39, 0.29) is 0 Å². The molecule has 0 bridgehead atoms. The SMILES string of the molecule is CCC/C=C(C)/C=C(/NCc1cccs1)c1sc(CCC)c(C)c1C. The van der Waals surface area contributed by atoms with Crippen molar-refractivity contribution in [3.8, 4) is 0 Å². The van der Waals surface area contributed by atoms with Crippen molar-refractivity contribution < 1.29 is 0 Å². The van der Waals surface area contributed by atoms with E-state index in [0.717, 1.165) is 13.0 Å². The van der Waals surface area contributed by atoms with Crippen molar-refractivity contribution in [3.05, 3.63) is 61.0 Å². The second-order valence-electron chi connectivity index (χ2n) is 6.58. The number of nitrogens with one attached hydrogen (secondary N) is 1. The Hall–Kier alpha value is -1.32. The van der Waals surface area contributed by atoms with Crippen LogP contribution in [0, 0.1) is 13.8 Å². The van der Waals surface area contributed by atoms with Gasteiger partial charge in [0.05, 0.1) is 10.6 Å². The first-order chi connectivity index (χ1) is 12.1. The minimum absolute atomic E-state index is 0.893. The second kappa shape index (κ2) is 9.98. The number of hydrogen-bond donors (Lipinski definition) is 1. The van der Waals surface area contributed by atoms with E-state index in [1.807, 2.05) is 22.7 Å². The molecule has 0 aromatic carbocycles. The van der Waals surface area contributed by atoms with Gasteiger partial charge < -0.3 is 5.32 Å². The van der Waals surface area contributed by atoms with Gasteiger partial charge >= 0.3 is 0 Å². The Balaban J connectivity index is 2.33. The van der Waals surface area contributed by atoms with Gasteiger partial charge in [0.2, 0.25) is 0 Å². The van der Waals surface area contributed by atoms with Crippen LogP contribution in [0.3, 0.4) is 0 Å². The molecular formula is C22H31NS2. The molecule has 0 radical (unpaired) electrons. The molecule has 0 fully saturated rings. The fraction of sp³-hybridized carbons (Fsp3) is 0.455. The Morgan fingerprint density at radius 3 is 2.60 bits per heavy atom. The molecule has 0 amide bonds. The predicted octanol–water partition coefficient (Wildman–Crippen LogP) is 7.26. The fourth-order valence-corrected chi connectivity index (χ4v) is 4.88. The van der Waals surface area contributed by atoms with Crippen LogP contribution in [0.4, 0.5) is 0 Å². The van der Waals surface area contributed by atoms with Gasteiger partial charge in [0.1, 0.15) is 0 Å². The van der Waals surface area contributed by atoms with E-state index < -0.39 is 0 Å². The van der Waals surface area contributed by atoms with Crippen LogP contribution >= 0.6 is 22.7 Å². The molecule has 0 atom stereocenters. The third-order valence-electron chi connectivity index (χ3n) is 4.43. The van der Waals surface area contributed by atoms with Crippen molar-refractivity contribution in [1.82, 2.24) is 5.32 Å². The summed E-state index contributed by atoms with van der Waals surface area (Å²) < 4.78 is 0. The van der Waals surface area contributed by atoms with Crippen LogP contribution in [0.5, 0.6) is 0 Å². The molecule has 0 aliphatic heterocycles. The third kappa shape index (κ3) is 5.58. The Morgan fingerprint density at radius 2 is 1.96 bits per heavy atom. The summed E-state index contributed by atoms with van der Waals surface area (Å²) in [4.78, 5) is 4.32. The van der Waals surface area contributed by atoms with E-state index in [0.29, 0.717) is 0 Å². The zero-order valence-electron chi connectivity index (χ0n) is 16.2. The molecule has 2 aromatic heterocycles. The highest BCUT2D eigenvalue weighted by atomic mass is 32.1. The van der Waals surface area contributed by atoms with E-state index >= 15 is 0 Å². The Labute approximate surface area is 161 Å². The second-order valence-corrected chi connectivity index (χ2v) is 8.72. The molecule has 2 aromatic rings. The van der Waals surface area contributed by atoms with E-state index in [2.05, 4.69) is 69.6 Å². The third-order valence-corrected chi connectivity index (χ3v) is 6.79.